The lowest BCUT2D eigenvalue weighted by Crippen LogP contribution is -2.13. The summed E-state index contributed by atoms with van der Waals surface area (Å²) in [5.74, 6) is 0.788. The molecular weight excluding hydrogens is 196 g/mol. The molecule has 1 aliphatic rings. The lowest BCUT2D eigenvalue weighted by molar-refractivity contribution is 0.0753. The van der Waals surface area contributed by atoms with Gasteiger partial charge in [-0.3, -0.25) is 0 Å². The van der Waals surface area contributed by atoms with Gasteiger partial charge in [0.1, 0.15) is 0 Å². The van der Waals surface area contributed by atoms with Gasteiger partial charge < -0.3 is 4.74 Å². The summed E-state index contributed by atoms with van der Waals surface area (Å²) in [5.41, 5.74) is 0. The zero-order chi connectivity index (χ0) is 10.4. The molecule has 0 N–H and O–H groups in total. The van der Waals surface area contributed by atoms with E-state index in [1.54, 1.807) is 0 Å². The summed E-state index contributed by atoms with van der Waals surface area (Å²) in [5, 5.41) is 0.397. The lowest BCUT2D eigenvalue weighted by Gasteiger charge is -2.16. The maximum absolute atomic E-state index is 6.35. The topological polar surface area (TPSA) is 9.23 Å². The van der Waals surface area contributed by atoms with Gasteiger partial charge in [0.25, 0.3) is 0 Å². The van der Waals surface area contributed by atoms with Crippen LogP contribution < -0.4 is 0 Å². The van der Waals surface area contributed by atoms with Crippen LogP contribution in [0.5, 0.6) is 0 Å². The Hall–Kier alpha value is 0.250. The van der Waals surface area contributed by atoms with Crippen LogP contribution in [0.25, 0.3) is 0 Å². The van der Waals surface area contributed by atoms with Gasteiger partial charge in [-0.2, -0.15) is 0 Å². The Kier molecular flexibility index (Phi) is 5.88. The van der Waals surface area contributed by atoms with Crippen LogP contribution in [0.3, 0.4) is 0 Å². The van der Waals surface area contributed by atoms with E-state index in [1.165, 1.54) is 25.7 Å². The Morgan fingerprint density at radius 3 is 2.50 bits per heavy atom. The third-order valence-corrected chi connectivity index (χ3v) is 3.56. The molecule has 0 aliphatic heterocycles. The van der Waals surface area contributed by atoms with Crippen LogP contribution in [0, 0.1) is 5.92 Å². The molecule has 0 aromatic rings. The summed E-state index contributed by atoms with van der Waals surface area (Å²) >= 11 is 6.35. The Morgan fingerprint density at radius 2 is 1.93 bits per heavy atom. The zero-order valence-electron chi connectivity index (χ0n) is 9.47. The summed E-state index contributed by atoms with van der Waals surface area (Å²) in [6.07, 6.45) is 8.06. The lowest BCUT2D eigenvalue weighted by atomic mass is 10.0. The largest absolute Gasteiger partial charge is 0.379 e. The molecule has 1 saturated carbocycles. The number of halogens is 1. The molecule has 0 radical (unpaired) electrons. The van der Waals surface area contributed by atoms with Crippen LogP contribution in [0.2, 0.25) is 0 Å². The van der Waals surface area contributed by atoms with Crippen molar-refractivity contribution in [3.05, 3.63) is 0 Å². The van der Waals surface area contributed by atoms with Crippen LogP contribution in [-0.2, 0) is 4.74 Å². The molecule has 0 aromatic carbocycles. The molecule has 0 bridgehead atoms. The van der Waals surface area contributed by atoms with E-state index in [4.69, 9.17) is 16.3 Å². The van der Waals surface area contributed by atoms with E-state index in [1.807, 2.05) is 0 Å². The van der Waals surface area contributed by atoms with Gasteiger partial charge in [-0.15, -0.1) is 11.6 Å². The van der Waals surface area contributed by atoms with Gasteiger partial charge in [0.15, 0.2) is 0 Å². The Morgan fingerprint density at radius 1 is 1.29 bits per heavy atom. The van der Waals surface area contributed by atoms with Gasteiger partial charge in [0.2, 0.25) is 0 Å². The maximum atomic E-state index is 6.35. The van der Waals surface area contributed by atoms with E-state index in [0.717, 1.165) is 25.4 Å². The van der Waals surface area contributed by atoms with Crippen molar-refractivity contribution in [1.29, 1.82) is 0 Å². The Balaban J connectivity index is 1.99. The van der Waals surface area contributed by atoms with Gasteiger partial charge in [0, 0.05) is 12.0 Å². The number of hydrogen-bond donors (Lipinski definition) is 0. The first kappa shape index (κ1) is 12.3. The number of ether oxygens (including phenoxy) is 1. The standard InChI is InChI=1S/C12H23ClO/c1-10(2)14-9-5-8-12(13)11-6-3-4-7-11/h10-12H,3-9H2,1-2H3. The smallest absolute Gasteiger partial charge is 0.0518 e. The molecule has 0 saturated heterocycles. The second-order valence-electron chi connectivity index (χ2n) is 4.62. The molecule has 1 atom stereocenters. The Labute approximate surface area is 93.2 Å². The third kappa shape index (κ3) is 4.65. The summed E-state index contributed by atoms with van der Waals surface area (Å²) < 4.78 is 5.50. The average molecular weight is 219 g/mol. The maximum Gasteiger partial charge on any atom is 0.0518 e. The molecule has 0 heterocycles. The van der Waals surface area contributed by atoms with Gasteiger partial charge in [-0.1, -0.05) is 12.8 Å². The van der Waals surface area contributed by atoms with Gasteiger partial charge in [0.05, 0.1) is 6.10 Å². The van der Waals surface area contributed by atoms with E-state index >= 15 is 0 Å². The van der Waals surface area contributed by atoms with Crippen molar-refractivity contribution >= 4 is 11.6 Å². The summed E-state index contributed by atoms with van der Waals surface area (Å²) in [7, 11) is 0. The highest BCUT2D eigenvalue weighted by Gasteiger charge is 2.22. The quantitative estimate of drug-likeness (QED) is 0.484. The van der Waals surface area contributed by atoms with E-state index < -0.39 is 0 Å². The molecule has 0 amide bonds. The molecule has 1 rings (SSSR count). The highest BCUT2D eigenvalue weighted by atomic mass is 35.5. The van der Waals surface area contributed by atoms with Gasteiger partial charge in [-0.25, -0.2) is 0 Å². The molecule has 1 aliphatic carbocycles. The van der Waals surface area contributed by atoms with Crippen molar-refractivity contribution in [2.45, 2.75) is 63.9 Å². The normalized spacial score (nSPS) is 20.6. The minimum Gasteiger partial charge on any atom is -0.379 e. The molecule has 1 unspecified atom stereocenters. The van der Waals surface area contributed by atoms with Crippen molar-refractivity contribution in [2.75, 3.05) is 6.61 Å². The first-order valence-corrected chi connectivity index (χ1v) is 6.39. The molecule has 2 heteroatoms. The van der Waals surface area contributed by atoms with E-state index in [2.05, 4.69) is 13.8 Å². The predicted octanol–water partition coefficient (Wildman–Crippen LogP) is 3.99. The fourth-order valence-electron chi connectivity index (χ4n) is 2.15. The predicted molar refractivity (Wildman–Crippen MR) is 61.9 cm³/mol. The third-order valence-electron chi connectivity index (χ3n) is 2.99. The first-order chi connectivity index (χ1) is 6.70. The van der Waals surface area contributed by atoms with Crippen molar-refractivity contribution in [1.82, 2.24) is 0 Å². The first-order valence-electron chi connectivity index (χ1n) is 5.96. The number of hydrogen-bond acceptors (Lipinski definition) is 1. The summed E-state index contributed by atoms with van der Waals surface area (Å²) in [6, 6.07) is 0. The molecule has 1 nitrogen and oxygen atoms in total. The zero-order valence-corrected chi connectivity index (χ0v) is 10.2. The van der Waals surface area contributed by atoms with Crippen LogP contribution in [0.1, 0.15) is 52.4 Å². The molecule has 1 fully saturated rings. The van der Waals surface area contributed by atoms with E-state index in [9.17, 15) is 0 Å². The molecule has 0 aromatic heterocycles. The minimum atomic E-state index is 0.357. The van der Waals surface area contributed by atoms with Crippen molar-refractivity contribution < 1.29 is 4.74 Å². The Bertz CT molecular complexity index is 141. The monoisotopic (exact) mass is 218 g/mol. The number of rotatable bonds is 6. The summed E-state index contributed by atoms with van der Waals surface area (Å²) in [6.45, 7) is 5.03. The molecule has 84 valence electrons. The van der Waals surface area contributed by atoms with Gasteiger partial charge in [-0.05, 0) is 45.4 Å². The highest BCUT2D eigenvalue weighted by Crippen LogP contribution is 2.32. The fraction of sp³-hybridized carbons (Fsp3) is 1.00. The summed E-state index contributed by atoms with van der Waals surface area (Å²) in [4.78, 5) is 0. The SMILES string of the molecule is CC(C)OCCCC(Cl)C1CCCC1. The number of alkyl halides is 1. The highest BCUT2D eigenvalue weighted by molar-refractivity contribution is 6.20. The molecule has 0 spiro atoms. The second-order valence-corrected chi connectivity index (χ2v) is 5.18. The van der Waals surface area contributed by atoms with Gasteiger partial charge >= 0.3 is 0 Å². The van der Waals surface area contributed by atoms with E-state index in [0.29, 0.717) is 11.5 Å². The molecular formula is C12H23ClO. The molecule has 14 heavy (non-hydrogen) atoms. The van der Waals surface area contributed by atoms with Crippen LogP contribution in [0.4, 0.5) is 0 Å². The second kappa shape index (κ2) is 6.68. The fourth-order valence-corrected chi connectivity index (χ4v) is 2.56. The van der Waals surface area contributed by atoms with Crippen LogP contribution in [0.15, 0.2) is 0 Å². The van der Waals surface area contributed by atoms with Crippen LogP contribution in [-0.4, -0.2) is 18.1 Å². The van der Waals surface area contributed by atoms with Crippen molar-refractivity contribution in [3.63, 3.8) is 0 Å². The van der Waals surface area contributed by atoms with Crippen molar-refractivity contribution in [3.8, 4) is 0 Å². The average Bonchev–Trinajstić information content (AvgIpc) is 2.64. The minimum absolute atomic E-state index is 0.357. The van der Waals surface area contributed by atoms with Crippen molar-refractivity contribution in [2.24, 2.45) is 5.92 Å². The van der Waals surface area contributed by atoms with Crippen LogP contribution >= 0.6 is 11.6 Å². The van der Waals surface area contributed by atoms with E-state index in [-0.39, 0.29) is 0 Å².